The zero-order valence-electron chi connectivity index (χ0n) is 12.7. The molecule has 0 aromatic carbocycles. The van der Waals surface area contributed by atoms with Crippen molar-refractivity contribution in [1.29, 1.82) is 0 Å². The highest BCUT2D eigenvalue weighted by Crippen LogP contribution is 2.26. The summed E-state index contributed by atoms with van der Waals surface area (Å²) >= 11 is 0. The number of hydrogen-bond donors (Lipinski definition) is 1. The predicted octanol–water partition coefficient (Wildman–Crippen LogP) is 3.15. The fourth-order valence-electron chi connectivity index (χ4n) is 3.02. The van der Waals surface area contributed by atoms with Gasteiger partial charge in [-0.1, -0.05) is 33.1 Å². The van der Waals surface area contributed by atoms with Gasteiger partial charge in [0.25, 0.3) is 0 Å². The van der Waals surface area contributed by atoms with Crippen molar-refractivity contribution in [2.75, 3.05) is 18.1 Å². The minimum atomic E-state index is -2.80. The third kappa shape index (κ3) is 7.31. The van der Waals surface area contributed by atoms with Crippen LogP contribution in [0.25, 0.3) is 0 Å². The largest absolute Gasteiger partial charge is 0.314 e. The minimum Gasteiger partial charge on any atom is -0.314 e. The zero-order chi connectivity index (χ0) is 14.1. The van der Waals surface area contributed by atoms with Crippen molar-refractivity contribution in [1.82, 2.24) is 5.32 Å². The van der Waals surface area contributed by atoms with Crippen molar-refractivity contribution in [2.45, 2.75) is 71.3 Å². The smallest absolute Gasteiger partial charge is 0.150 e. The lowest BCUT2D eigenvalue weighted by Crippen LogP contribution is -2.31. The van der Waals surface area contributed by atoms with Gasteiger partial charge in [0.1, 0.15) is 9.84 Å². The summed E-state index contributed by atoms with van der Waals surface area (Å²) in [5.41, 5.74) is 0. The summed E-state index contributed by atoms with van der Waals surface area (Å²) in [6, 6.07) is 0.612. The Labute approximate surface area is 119 Å². The number of nitrogens with one attached hydrogen (secondary N) is 1. The van der Waals surface area contributed by atoms with Crippen LogP contribution in [-0.2, 0) is 9.84 Å². The highest BCUT2D eigenvalue weighted by Gasteiger charge is 2.21. The van der Waals surface area contributed by atoms with Crippen LogP contribution in [0.2, 0.25) is 0 Å². The summed E-state index contributed by atoms with van der Waals surface area (Å²) in [6.07, 6.45) is 8.99. The second kappa shape index (κ2) is 8.96. The van der Waals surface area contributed by atoms with Gasteiger partial charge in [0, 0.05) is 11.8 Å². The summed E-state index contributed by atoms with van der Waals surface area (Å²) < 4.78 is 23.6. The molecular weight excluding hydrogens is 258 g/mol. The normalized spacial score (nSPS) is 25.2. The van der Waals surface area contributed by atoms with E-state index in [1.54, 1.807) is 0 Å². The van der Waals surface area contributed by atoms with Crippen LogP contribution >= 0.6 is 0 Å². The van der Waals surface area contributed by atoms with Gasteiger partial charge in [-0.25, -0.2) is 8.42 Å². The van der Waals surface area contributed by atoms with Gasteiger partial charge in [-0.15, -0.1) is 0 Å². The standard InChI is InChI=1S/C15H31NO2S/c1-3-10-16-15-8-6-5-7-14(13-15)9-12-19(17,18)11-4-2/h14-16H,3-13H2,1-2H3. The van der Waals surface area contributed by atoms with Crippen molar-refractivity contribution in [2.24, 2.45) is 5.92 Å². The lowest BCUT2D eigenvalue weighted by Gasteiger charge is -2.21. The van der Waals surface area contributed by atoms with E-state index in [2.05, 4.69) is 12.2 Å². The van der Waals surface area contributed by atoms with Crippen molar-refractivity contribution >= 4 is 9.84 Å². The van der Waals surface area contributed by atoms with Crippen LogP contribution in [-0.4, -0.2) is 32.5 Å². The second-order valence-electron chi connectivity index (χ2n) is 5.98. The Kier molecular flexibility index (Phi) is 8.00. The molecule has 3 nitrogen and oxygen atoms in total. The number of rotatable bonds is 8. The average molecular weight is 289 g/mol. The van der Waals surface area contributed by atoms with Crippen molar-refractivity contribution in [3.63, 3.8) is 0 Å². The molecule has 1 saturated carbocycles. The molecule has 0 amide bonds. The summed E-state index contributed by atoms with van der Waals surface area (Å²) in [4.78, 5) is 0. The van der Waals surface area contributed by atoms with E-state index in [4.69, 9.17) is 0 Å². The molecule has 0 aromatic rings. The molecule has 0 aliphatic heterocycles. The van der Waals surface area contributed by atoms with Gasteiger partial charge in [0.2, 0.25) is 0 Å². The van der Waals surface area contributed by atoms with E-state index in [0.717, 1.165) is 19.4 Å². The van der Waals surface area contributed by atoms with Gasteiger partial charge in [-0.05, 0) is 44.6 Å². The monoisotopic (exact) mass is 289 g/mol. The lowest BCUT2D eigenvalue weighted by molar-refractivity contribution is 0.378. The summed E-state index contributed by atoms with van der Waals surface area (Å²) in [6.45, 7) is 5.22. The third-order valence-corrected chi connectivity index (χ3v) is 5.96. The molecule has 2 unspecified atom stereocenters. The molecule has 1 fully saturated rings. The lowest BCUT2D eigenvalue weighted by atomic mass is 9.95. The Morgan fingerprint density at radius 3 is 2.47 bits per heavy atom. The second-order valence-corrected chi connectivity index (χ2v) is 8.28. The maximum absolute atomic E-state index is 11.8. The molecule has 2 atom stereocenters. The summed E-state index contributed by atoms with van der Waals surface area (Å²) in [5, 5.41) is 3.61. The average Bonchev–Trinajstić information content (AvgIpc) is 2.59. The predicted molar refractivity (Wildman–Crippen MR) is 82.2 cm³/mol. The Morgan fingerprint density at radius 2 is 1.79 bits per heavy atom. The molecule has 114 valence electrons. The molecule has 0 spiro atoms. The van der Waals surface area contributed by atoms with Crippen LogP contribution in [0.1, 0.15) is 65.2 Å². The van der Waals surface area contributed by atoms with Crippen LogP contribution in [0.15, 0.2) is 0 Å². The maximum Gasteiger partial charge on any atom is 0.150 e. The Morgan fingerprint density at radius 1 is 1.05 bits per heavy atom. The molecule has 19 heavy (non-hydrogen) atoms. The van der Waals surface area contributed by atoms with Gasteiger partial charge >= 0.3 is 0 Å². The van der Waals surface area contributed by atoms with E-state index in [-0.39, 0.29) is 0 Å². The molecule has 0 aromatic heterocycles. The van der Waals surface area contributed by atoms with E-state index >= 15 is 0 Å². The van der Waals surface area contributed by atoms with Crippen molar-refractivity contribution in [3.8, 4) is 0 Å². The van der Waals surface area contributed by atoms with Gasteiger partial charge in [-0.3, -0.25) is 0 Å². The Hall–Kier alpha value is -0.0900. The topological polar surface area (TPSA) is 46.2 Å². The number of sulfone groups is 1. The fourth-order valence-corrected chi connectivity index (χ4v) is 4.54. The van der Waals surface area contributed by atoms with Crippen molar-refractivity contribution in [3.05, 3.63) is 0 Å². The first-order valence-corrected chi connectivity index (χ1v) is 9.83. The van der Waals surface area contributed by atoms with Crippen LogP contribution in [0, 0.1) is 5.92 Å². The summed E-state index contributed by atoms with van der Waals surface area (Å²) in [5.74, 6) is 1.35. The van der Waals surface area contributed by atoms with E-state index in [0.29, 0.717) is 23.5 Å². The van der Waals surface area contributed by atoms with Gasteiger partial charge < -0.3 is 5.32 Å². The molecule has 1 aliphatic carbocycles. The zero-order valence-corrected chi connectivity index (χ0v) is 13.5. The van der Waals surface area contributed by atoms with Crippen molar-refractivity contribution < 1.29 is 8.42 Å². The molecule has 0 saturated heterocycles. The van der Waals surface area contributed by atoms with Crippen LogP contribution in [0.4, 0.5) is 0 Å². The maximum atomic E-state index is 11.8. The summed E-state index contributed by atoms with van der Waals surface area (Å²) in [7, 11) is -2.80. The Balaban J connectivity index is 2.39. The third-order valence-electron chi connectivity index (χ3n) is 4.07. The van der Waals surface area contributed by atoms with Crippen LogP contribution in [0.5, 0.6) is 0 Å². The van der Waals surface area contributed by atoms with Gasteiger partial charge in [-0.2, -0.15) is 0 Å². The van der Waals surface area contributed by atoms with E-state index in [1.807, 2.05) is 6.92 Å². The first-order chi connectivity index (χ1) is 9.07. The quantitative estimate of drug-likeness (QED) is 0.698. The number of hydrogen-bond acceptors (Lipinski definition) is 3. The SMILES string of the molecule is CCCNC1CCCCC(CCS(=O)(=O)CCC)C1. The highest BCUT2D eigenvalue weighted by atomic mass is 32.2. The Bertz CT molecular complexity index is 327. The van der Waals surface area contributed by atoms with Crippen LogP contribution < -0.4 is 5.32 Å². The molecule has 0 radical (unpaired) electrons. The minimum absolute atomic E-state index is 0.358. The molecule has 1 N–H and O–H groups in total. The molecule has 4 heteroatoms. The molecule has 1 aliphatic rings. The first-order valence-electron chi connectivity index (χ1n) is 8.01. The van der Waals surface area contributed by atoms with E-state index in [1.165, 1.54) is 38.5 Å². The van der Waals surface area contributed by atoms with Crippen LogP contribution in [0.3, 0.4) is 0 Å². The highest BCUT2D eigenvalue weighted by molar-refractivity contribution is 7.91. The molecule has 0 bridgehead atoms. The first kappa shape index (κ1) is 17.0. The molecule has 0 heterocycles. The van der Waals surface area contributed by atoms with E-state index < -0.39 is 9.84 Å². The van der Waals surface area contributed by atoms with Gasteiger partial charge in [0.15, 0.2) is 0 Å². The molecule has 1 rings (SSSR count). The van der Waals surface area contributed by atoms with Gasteiger partial charge in [0.05, 0.1) is 5.75 Å². The van der Waals surface area contributed by atoms with E-state index in [9.17, 15) is 8.42 Å². The molecular formula is C15H31NO2S. The fraction of sp³-hybridized carbons (Fsp3) is 1.00.